The first-order chi connectivity index (χ1) is 6.25. The molecule has 0 aliphatic heterocycles. The van der Waals surface area contributed by atoms with Crippen LogP contribution in [0.25, 0.3) is 10.9 Å². The predicted molar refractivity (Wildman–Crippen MR) is 51.1 cm³/mol. The summed E-state index contributed by atoms with van der Waals surface area (Å²) in [5, 5.41) is 1.30. The van der Waals surface area contributed by atoms with Crippen LogP contribution in [0.4, 0.5) is 0 Å². The van der Waals surface area contributed by atoms with Crippen molar-refractivity contribution in [3.8, 4) is 0 Å². The summed E-state index contributed by atoms with van der Waals surface area (Å²) in [5.41, 5.74) is 1.40. The van der Waals surface area contributed by atoms with Gasteiger partial charge < -0.3 is 4.57 Å². The maximum absolute atomic E-state index is 10.7. The number of pyridine rings is 1. The van der Waals surface area contributed by atoms with Crippen molar-refractivity contribution in [1.29, 1.82) is 0 Å². The summed E-state index contributed by atoms with van der Waals surface area (Å²) in [7, 11) is 1.80. The van der Waals surface area contributed by atoms with E-state index in [9.17, 15) is 4.79 Å². The SMILES string of the molecule is Cn1c(Cl)c(C=O)c2ccncc21. The molecule has 2 aromatic rings. The maximum Gasteiger partial charge on any atom is 0.153 e. The smallest absolute Gasteiger partial charge is 0.153 e. The first-order valence-electron chi connectivity index (χ1n) is 3.78. The predicted octanol–water partition coefficient (Wildman–Crippen LogP) is 2.04. The second-order valence-electron chi connectivity index (χ2n) is 2.77. The second-order valence-corrected chi connectivity index (χ2v) is 3.13. The van der Waals surface area contributed by atoms with E-state index < -0.39 is 0 Å². The average Bonchev–Trinajstić information content (AvgIpc) is 2.41. The van der Waals surface area contributed by atoms with Crippen molar-refractivity contribution in [2.45, 2.75) is 0 Å². The quantitative estimate of drug-likeness (QED) is 0.652. The van der Waals surface area contributed by atoms with Gasteiger partial charge >= 0.3 is 0 Å². The molecule has 4 heteroatoms. The molecule has 0 aromatic carbocycles. The van der Waals surface area contributed by atoms with Crippen LogP contribution < -0.4 is 0 Å². The van der Waals surface area contributed by atoms with Crippen molar-refractivity contribution in [3.63, 3.8) is 0 Å². The number of fused-ring (bicyclic) bond motifs is 1. The largest absolute Gasteiger partial charge is 0.333 e. The Morgan fingerprint density at radius 3 is 3.08 bits per heavy atom. The summed E-state index contributed by atoms with van der Waals surface area (Å²) in [4.78, 5) is 14.7. The maximum atomic E-state index is 10.7. The van der Waals surface area contributed by atoms with E-state index in [-0.39, 0.29) is 0 Å². The molecule has 3 nitrogen and oxygen atoms in total. The lowest BCUT2D eigenvalue weighted by atomic mass is 10.2. The number of rotatable bonds is 1. The molecule has 0 spiro atoms. The van der Waals surface area contributed by atoms with Gasteiger partial charge in [-0.25, -0.2) is 0 Å². The zero-order valence-corrected chi connectivity index (χ0v) is 7.75. The molecule has 0 saturated heterocycles. The molecule has 0 aliphatic rings. The average molecular weight is 195 g/mol. The van der Waals surface area contributed by atoms with Gasteiger partial charge in [-0.05, 0) is 6.07 Å². The van der Waals surface area contributed by atoms with Crippen LogP contribution in [0.15, 0.2) is 18.5 Å². The number of hydrogen-bond donors (Lipinski definition) is 0. The van der Waals surface area contributed by atoms with E-state index in [1.54, 1.807) is 30.1 Å². The van der Waals surface area contributed by atoms with Crippen LogP contribution in [0.1, 0.15) is 10.4 Å². The van der Waals surface area contributed by atoms with Crippen molar-refractivity contribution < 1.29 is 4.79 Å². The molecular weight excluding hydrogens is 188 g/mol. The summed E-state index contributed by atoms with van der Waals surface area (Å²) >= 11 is 5.94. The number of carbonyl (C=O) groups excluding carboxylic acids is 1. The fourth-order valence-corrected chi connectivity index (χ4v) is 1.63. The zero-order chi connectivity index (χ0) is 9.42. The van der Waals surface area contributed by atoms with Gasteiger partial charge in [0.25, 0.3) is 0 Å². The molecule has 0 atom stereocenters. The van der Waals surface area contributed by atoms with E-state index in [1.807, 2.05) is 0 Å². The molecule has 13 heavy (non-hydrogen) atoms. The Kier molecular flexibility index (Phi) is 1.81. The number of aryl methyl sites for hydroxylation is 1. The molecule has 0 fully saturated rings. The lowest BCUT2D eigenvalue weighted by Crippen LogP contribution is -1.86. The van der Waals surface area contributed by atoms with Crippen LogP contribution in [0.3, 0.4) is 0 Å². The first-order valence-corrected chi connectivity index (χ1v) is 4.16. The second kappa shape index (κ2) is 2.85. The Bertz CT molecular complexity index is 476. The Morgan fingerprint density at radius 1 is 1.62 bits per heavy atom. The normalized spacial score (nSPS) is 10.6. The van der Waals surface area contributed by atoms with E-state index in [4.69, 9.17) is 11.6 Å². The fraction of sp³-hybridized carbons (Fsp3) is 0.111. The highest BCUT2D eigenvalue weighted by Crippen LogP contribution is 2.26. The van der Waals surface area contributed by atoms with Crippen LogP contribution in [-0.2, 0) is 7.05 Å². The molecular formula is C9H7ClN2O. The third-order valence-electron chi connectivity index (χ3n) is 2.09. The van der Waals surface area contributed by atoms with Crippen LogP contribution in [0, 0.1) is 0 Å². The Labute approximate surface area is 79.9 Å². The summed E-state index contributed by atoms with van der Waals surface area (Å²) in [5.74, 6) is 0. The zero-order valence-electron chi connectivity index (χ0n) is 6.99. The van der Waals surface area contributed by atoms with Gasteiger partial charge in [0.15, 0.2) is 6.29 Å². The molecule has 0 N–H and O–H groups in total. The van der Waals surface area contributed by atoms with Crippen LogP contribution in [0.2, 0.25) is 5.15 Å². The number of carbonyl (C=O) groups is 1. The summed E-state index contributed by atoms with van der Waals surface area (Å²) in [6.45, 7) is 0. The van der Waals surface area contributed by atoms with Crippen molar-refractivity contribution >= 4 is 28.8 Å². The fourth-order valence-electron chi connectivity index (χ4n) is 1.39. The van der Waals surface area contributed by atoms with Gasteiger partial charge in [-0.2, -0.15) is 0 Å². The van der Waals surface area contributed by atoms with Gasteiger partial charge in [0, 0.05) is 18.6 Å². The molecule has 0 amide bonds. The lowest BCUT2D eigenvalue weighted by molar-refractivity contribution is 0.112. The van der Waals surface area contributed by atoms with Crippen molar-refractivity contribution in [2.24, 2.45) is 7.05 Å². The topological polar surface area (TPSA) is 34.9 Å². The standard InChI is InChI=1S/C9H7ClN2O/c1-12-8-4-11-3-2-6(8)7(5-13)9(12)10/h2-5H,1H3. The molecule has 66 valence electrons. The Balaban J connectivity index is 2.98. The van der Waals surface area contributed by atoms with E-state index >= 15 is 0 Å². The van der Waals surface area contributed by atoms with E-state index in [2.05, 4.69) is 4.98 Å². The number of aromatic nitrogens is 2. The molecule has 0 bridgehead atoms. The van der Waals surface area contributed by atoms with Gasteiger partial charge in [0.05, 0.1) is 17.3 Å². The minimum atomic E-state index is 0.456. The molecule has 2 rings (SSSR count). The number of hydrogen-bond acceptors (Lipinski definition) is 2. The number of nitrogens with zero attached hydrogens (tertiary/aromatic N) is 2. The Hall–Kier alpha value is -1.35. The van der Waals surface area contributed by atoms with Gasteiger partial charge in [0.1, 0.15) is 5.15 Å². The minimum absolute atomic E-state index is 0.456. The monoisotopic (exact) mass is 194 g/mol. The van der Waals surface area contributed by atoms with Crippen molar-refractivity contribution in [1.82, 2.24) is 9.55 Å². The molecule has 0 unspecified atom stereocenters. The molecule has 0 aliphatic carbocycles. The molecule has 2 aromatic heterocycles. The molecule has 2 heterocycles. The summed E-state index contributed by atoms with van der Waals surface area (Å²) in [6.07, 6.45) is 4.10. The van der Waals surface area contributed by atoms with Crippen LogP contribution in [-0.4, -0.2) is 15.8 Å². The Morgan fingerprint density at radius 2 is 2.38 bits per heavy atom. The lowest BCUT2D eigenvalue weighted by Gasteiger charge is -1.94. The van der Waals surface area contributed by atoms with Gasteiger partial charge in [-0.15, -0.1) is 0 Å². The third-order valence-corrected chi connectivity index (χ3v) is 2.54. The van der Waals surface area contributed by atoms with Crippen molar-refractivity contribution in [2.75, 3.05) is 0 Å². The highest BCUT2D eigenvalue weighted by Gasteiger charge is 2.11. The number of aldehydes is 1. The summed E-state index contributed by atoms with van der Waals surface area (Å²) in [6, 6.07) is 1.78. The third kappa shape index (κ3) is 1.04. The van der Waals surface area contributed by atoms with Gasteiger partial charge in [0.2, 0.25) is 0 Å². The minimum Gasteiger partial charge on any atom is -0.333 e. The first kappa shape index (κ1) is 8.26. The van der Waals surface area contributed by atoms with Crippen LogP contribution >= 0.6 is 11.6 Å². The van der Waals surface area contributed by atoms with Crippen molar-refractivity contribution in [3.05, 3.63) is 29.2 Å². The van der Waals surface area contributed by atoms with E-state index in [0.29, 0.717) is 10.7 Å². The molecule has 0 saturated carbocycles. The number of halogens is 1. The van der Waals surface area contributed by atoms with Gasteiger partial charge in [-0.1, -0.05) is 11.6 Å². The molecule has 0 radical (unpaired) electrons. The highest BCUT2D eigenvalue weighted by atomic mass is 35.5. The van der Waals surface area contributed by atoms with Crippen LogP contribution in [0.5, 0.6) is 0 Å². The highest BCUT2D eigenvalue weighted by molar-refractivity contribution is 6.34. The summed E-state index contributed by atoms with van der Waals surface area (Å²) < 4.78 is 1.74. The van der Waals surface area contributed by atoms with E-state index in [1.165, 1.54) is 0 Å². The van der Waals surface area contributed by atoms with Gasteiger partial charge in [-0.3, -0.25) is 9.78 Å². The van der Waals surface area contributed by atoms with E-state index in [0.717, 1.165) is 17.2 Å².